The molecular formula is C18H14BrN3O6. The quantitative estimate of drug-likeness (QED) is 0.306. The third-order valence-electron chi connectivity index (χ3n) is 3.76. The molecule has 10 heteroatoms. The molecule has 1 aliphatic rings. The molecule has 0 bridgehead atoms. The number of carbonyl (C=O) groups excluding carboxylic acids is 2. The number of halogens is 1. The number of benzene rings is 2. The van der Waals surface area contributed by atoms with Gasteiger partial charge in [-0.15, -0.1) is 5.10 Å². The van der Waals surface area contributed by atoms with Crippen LogP contribution in [0.2, 0.25) is 0 Å². The fourth-order valence-corrected chi connectivity index (χ4v) is 2.96. The maximum absolute atomic E-state index is 12.1. The largest absolute Gasteiger partial charge is 0.446 e. The molecule has 1 atom stereocenters. The molecule has 1 aliphatic heterocycles. The summed E-state index contributed by atoms with van der Waals surface area (Å²) >= 11 is 3.33. The summed E-state index contributed by atoms with van der Waals surface area (Å²) in [4.78, 5) is 34.0. The molecule has 0 saturated heterocycles. The van der Waals surface area contributed by atoms with Crippen molar-refractivity contribution in [3.05, 3.63) is 68.2 Å². The Morgan fingerprint density at radius 3 is 2.64 bits per heavy atom. The predicted molar refractivity (Wildman–Crippen MR) is 101 cm³/mol. The monoisotopic (exact) mass is 447 g/mol. The van der Waals surface area contributed by atoms with Crippen molar-refractivity contribution in [1.82, 2.24) is 5.01 Å². The van der Waals surface area contributed by atoms with Gasteiger partial charge in [-0.05, 0) is 18.2 Å². The van der Waals surface area contributed by atoms with Gasteiger partial charge in [-0.1, -0.05) is 28.1 Å². The second-order valence-corrected chi connectivity index (χ2v) is 6.74. The first-order chi connectivity index (χ1) is 13.3. The third-order valence-corrected chi connectivity index (χ3v) is 4.25. The Kier molecular flexibility index (Phi) is 5.41. The van der Waals surface area contributed by atoms with Crippen LogP contribution in [0.15, 0.2) is 52.0 Å². The summed E-state index contributed by atoms with van der Waals surface area (Å²) in [7, 11) is 0. The smallest absolute Gasteiger partial charge is 0.308 e. The van der Waals surface area contributed by atoms with Crippen LogP contribution in [0.5, 0.6) is 5.75 Å². The first kappa shape index (κ1) is 19.5. The van der Waals surface area contributed by atoms with Crippen LogP contribution in [0.3, 0.4) is 0 Å². The standard InChI is InChI=1S/C18H14BrN3O6/c1-10(23)21-18(12-4-3-5-14(8-12)22(25)26)28-17(20-21)15-9-13(19)6-7-16(15)27-11(2)24/h3-9,18H,1-2H3/t18-/m1/s1. The molecule has 9 nitrogen and oxygen atoms in total. The van der Waals surface area contributed by atoms with E-state index in [0.29, 0.717) is 15.6 Å². The number of nitro benzene ring substituents is 1. The number of nitrogens with zero attached hydrogens (tertiary/aromatic N) is 3. The Morgan fingerprint density at radius 2 is 2.00 bits per heavy atom. The molecule has 2 aromatic rings. The molecule has 0 aliphatic carbocycles. The van der Waals surface area contributed by atoms with E-state index >= 15 is 0 Å². The van der Waals surface area contributed by atoms with Gasteiger partial charge in [-0.3, -0.25) is 19.7 Å². The summed E-state index contributed by atoms with van der Waals surface area (Å²) < 4.78 is 11.7. The third kappa shape index (κ3) is 4.01. The van der Waals surface area contributed by atoms with Crippen molar-refractivity contribution in [2.24, 2.45) is 5.10 Å². The van der Waals surface area contributed by atoms with Crippen LogP contribution in [-0.4, -0.2) is 27.7 Å². The highest BCUT2D eigenvalue weighted by atomic mass is 79.9. The number of rotatable bonds is 4. The highest BCUT2D eigenvalue weighted by Crippen LogP contribution is 2.34. The fourth-order valence-electron chi connectivity index (χ4n) is 2.60. The molecule has 0 N–H and O–H groups in total. The van der Waals surface area contributed by atoms with Gasteiger partial charge in [0.15, 0.2) is 0 Å². The lowest BCUT2D eigenvalue weighted by atomic mass is 10.1. The van der Waals surface area contributed by atoms with Crippen molar-refractivity contribution in [2.45, 2.75) is 20.1 Å². The second-order valence-electron chi connectivity index (χ2n) is 5.83. The van der Waals surface area contributed by atoms with Gasteiger partial charge in [0.25, 0.3) is 5.69 Å². The summed E-state index contributed by atoms with van der Waals surface area (Å²) in [5.41, 5.74) is 0.594. The minimum atomic E-state index is -0.989. The van der Waals surface area contributed by atoms with Gasteiger partial charge in [0.05, 0.1) is 10.5 Å². The van der Waals surface area contributed by atoms with Crippen LogP contribution in [-0.2, 0) is 14.3 Å². The second kappa shape index (κ2) is 7.77. The van der Waals surface area contributed by atoms with E-state index in [1.165, 1.54) is 32.0 Å². The number of amides is 1. The number of ether oxygens (including phenoxy) is 2. The normalized spacial score (nSPS) is 15.6. The van der Waals surface area contributed by atoms with Crippen molar-refractivity contribution < 1.29 is 24.0 Å². The van der Waals surface area contributed by atoms with E-state index < -0.39 is 23.0 Å². The van der Waals surface area contributed by atoms with Crippen molar-refractivity contribution in [1.29, 1.82) is 0 Å². The lowest BCUT2D eigenvalue weighted by Crippen LogP contribution is -2.25. The lowest BCUT2D eigenvalue weighted by Gasteiger charge is -2.19. The number of nitro groups is 1. The Balaban J connectivity index is 2.02. The first-order valence-corrected chi connectivity index (χ1v) is 8.83. The minimum Gasteiger partial charge on any atom is -0.446 e. The Labute approximate surface area is 167 Å². The van der Waals surface area contributed by atoms with Crippen LogP contribution in [0.1, 0.15) is 31.2 Å². The van der Waals surface area contributed by atoms with E-state index in [9.17, 15) is 19.7 Å². The van der Waals surface area contributed by atoms with Crippen molar-refractivity contribution in [3.8, 4) is 5.75 Å². The van der Waals surface area contributed by atoms with Gasteiger partial charge < -0.3 is 9.47 Å². The van der Waals surface area contributed by atoms with E-state index in [-0.39, 0.29) is 17.3 Å². The average Bonchev–Trinajstić information content (AvgIpc) is 3.08. The molecule has 144 valence electrons. The van der Waals surface area contributed by atoms with Gasteiger partial charge in [0.2, 0.25) is 18.0 Å². The van der Waals surface area contributed by atoms with Crippen molar-refractivity contribution >= 4 is 39.4 Å². The maximum atomic E-state index is 12.1. The molecule has 28 heavy (non-hydrogen) atoms. The van der Waals surface area contributed by atoms with E-state index in [1.807, 2.05) is 0 Å². The summed E-state index contributed by atoms with van der Waals surface area (Å²) in [6, 6.07) is 10.6. The van der Waals surface area contributed by atoms with Gasteiger partial charge in [0, 0.05) is 36.0 Å². The van der Waals surface area contributed by atoms with Gasteiger partial charge in [-0.25, -0.2) is 0 Å². The number of hydrogen-bond donors (Lipinski definition) is 0. The van der Waals surface area contributed by atoms with Crippen LogP contribution in [0.25, 0.3) is 0 Å². The molecule has 1 heterocycles. The van der Waals surface area contributed by atoms with Gasteiger partial charge in [-0.2, -0.15) is 5.01 Å². The van der Waals surface area contributed by atoms with E-state index in [1.54, 1.807) is 24.3 Å². The molecule has 0 saturated carbocycles. The molecule has 0 unspecified atom stereocenters. The van der Waals surface area contributed by atoms with Crippen molar-refractivity contribution in [3.63, 3.8) is 0 Å². The molecule has 0 spiro atoms. The highest BCUT2D eigenvalue weighted by Gasteiger charge is 2.35. The summed E-state index contributed by atoms with van der Waals surface area (Å²) in [5.74, 6) is -0.696. The van der Waals surface area contributed by atoms with Crippen LogP contribution in [0, 0.1) is 10.1 Å². The molecular weight excluding hydrogens is 434 g/mol. The lowest BCUT2D eigenvalue weighted by molar-refractivity contribution is -0.385. The SMILES string of the molecule is CC(=O)Oc1ccc(Br)cc1C1=NN(C(C)=O)[C@@H](c2cccc([N+](=O)[O-])c2)O1. The summed E-state index contributed by atoms with van der Waals surface area (Å²) in [6.45, 7) is 2.56. The molecule has 0 fully saturated rings. The molecule has 0 aromatic heterocycles. The van der Waals surface area contributed by atoms with Crippen LogP contribution >= 0.6 is 15.9 Å². The molecule has 0 radical (unpaired) electrons. The fraction of sp³-hybridized carbons (Fsp3) is 0.167. The van der Waals surface area contributed by atoms with Gasteiger partial charge >= 0.3 is 5.97 Å². The number of carbonyl (C=O) groups is 2. The summed E-state index contributed by atoms with van der Waals surface area (Å²) in [6.07, 6.45) is -0.989. The van der Waals surface area contributed by atoms with E-state index in [4.69, 9.17) is 9.47 Å². The number of esters is 1. The Bertz CT molecular complexity index is 1010. The average molecular weight is 448 g/mol. The topological polar surface area (TPSA) is 111 Å². The first-order valence-electron chi connectivity index (χ1n) is 8.04. The zero-order valence-corrected chi connectivity index (χ0v) is 16.4. The zero-order valence-electron chi connectivity index (χ0n) is 14.8. The minimum absolute atomic E-state index is 0.0456. The van der Waals surface area contributed by atoms with E-state index in [0.717, 1.165) is 5.01 Å². The Hall–Kier alpha value is -3.27. The number of hydrazone groups is 1. The number of non-ortho nitro benzene ring substituents is 1. The summed E-state index contributed by atoms with van der Waals surface area (Å²) in [5, 5.41) is 16.3. The zero-order chi connectivity index (χ0) is 20.4. The van der Waals surface area contributed by atoms with Crippen LogP contribution < -0.4 is 4.74 Å². The predicted octanol–water partition coefficient (Wildman–Crippen LogP) is 3.52. The number of hydrogen-bond acceptors (Lipinski definition) is 7. The van der Waals surface area contributed by atoms with Crippen molar-refractivity contribution in [2.75, 3.05) is 0 Å². The van der Waals surface area contributed by atoms with E-state index in [2.05, 4.69) is 21.0 Å². The van der Waals surface area contributed by atoms with Crippen LogP contribution in [0.4, 0.5) is 5.69 Å². The van der Waals surface area contributed by atoms with Gasteiger partial charge in [0.1, 0.15) is 5.75 Å². The molecule has 1 amide bonds. The maximum Gasteiger partial charge on any atom is 0.308 e. The molecule has 2 aromatic carbocycles. The highest BCUT2D eigenvalue weighted by molar-refractivity contribution is 9.10. The Morgan fingerprint density at radius 1 is 1.25 bits per heavy atom. The molecule has 3 rings (SSSR count).